The maximum atomic E-state index is 12.4. The number of rotatable bonds is 4. The Morgan fingerprint density at radius 1 is 1.11 bits per heavy atom. The molecule has 0 aromatic carbocycles. The molecule has 146 valence electrons. The molecule has 0 fully saturated rings. The normalized spacial score (nSPS) is 13.3. The van der Waals surface area contributed by atoms with Crippen LogP contribution in [0.1, 0.15) is 52.7 Å². The number of nitrogens with one attached hydrogen (secondary N) is 1. The third-order valence-corrected chi connectivity index (χ3v) is 12.5. The van der Waals surface area contributed by atoms with E-state index in [1.54, 1.807) is 13.1 Å². The van der Waals surface area contributed by atoms with Gasteiger partial charge in [0.1, 0.15) is 13.7 Å². The summed E-state index contributed by atoms with van der Waals surface area (Å²) in [5, 5.41) is 0.907. The Kier molecular flexibility index (Phi) is 6.43. The Hall–Kier alpha value is -1.78. The number of hydrogen-bond acceptors (Lipinski definition) is 4. The van der Waals surface area contributed by atoms with Crippen LogP contribution in [0.4, 0.5) is 0 Å². The average molecular weight is 404 g/mol. The van der Waals surface area contributed by atoms with Gasteiger partial charge in [0.15, 0.2) is 0 Å². The molecule has 0 aliphatic rings. The second kappa shape index (κ2) is 8.07. The molecular formula is C20H29N3O2SSi. The minimum absolute atomic E-state index is 0.205. The van der Waals surface area contributed by atoms with Crippen molar-refractivity contribution in [1.29, 1.82) is 0 Å². The molecule has 1 atom stereocenters. The lowest BCUT2D eigenvalue weighted by atomic mass is 10.1. The van der Waals surface area contributed by atoms with Gasteiger partial charge in [-0.15, -0.1) is 5.54 Å². The van der Waals surface area contributed by atoms with Crippen molar-refractivity contribution in [1.82, 2.24) is 15.0 Å². The molecule has 2 aromatic heterocycles. The van der Waals surface area contributed by atoms with Gasteiger partial charge in [0.2, 0.25) is 5.16 Å². The Morgan fingerprint density at radius 3 is 2.15 bits per heavy atom. The fourth-order valence-electron chi connectivity index (χ4n) is 4.06. The second-order valence-corrected chi connectivity index (χ2v) is 14.8. The maximum Gasteiger partial charge on any atom is 0.253 e. The van der Waals surface area contributed by atoms with Gasteiger partial charge < -0.3 is 4.98 Å². The third-order valence-electron chi connectivity index (χ3n) is 5.51. The van der Waals surface area contributed by atoms with Crippen molar-refractivity contribution in [2.45, 2.75) is 70.2 Å². The topological polar surface area (TPSA) is 75.7 Å². The number of hydrogen-bond donors (Lipinski definition) is 1. The standard InChI is InChI=1S/C20H29N3O2SSi/c1-12(2)27(13(3)4,14(5)6)10-9-16-15(7)19(24)22-18-17(16)11-21-20(23-18)26(8)25/h11-14H,1-8H3,(H,21,22,23,24). The molecule has 2 rings (SSSR count). The number of pyridine rings is 1. The highest BCUT2D eigenvalue weighted by Crippen LogP contribution is 2.40. The van der Waals surface area contributed by atoms with Crippen LogP contribution < -0.4 is 5.56 Å². The number of nitrogens with zero attached hydrogens (tertiary/aromatic N) is 2. The summed E-state index contributed by atoms with van der Waals surface area (Å²) < 4.78 is 11.7. The smallest absolute Gasteiger partial charge is 0.253 e. The summed E-state index contributed by atoms with van der Waals surface area (Å²) in [5.74, 6) is 3.37. The van der Waals surface area contributed by atoms with Crippen molar-refractivity contribution in [2.75, 3.05) is 6.26 Å². The predicted molar refractivity (Wildman–Crippen MR) is 115 cm³/mol. The number of fused-ring (bicyclic) bond motifs is 1. The van der Waals surface area contributed by atoms with Crippen molar-refractivity contribution < 1.29 is 4.21 Å². The van der Waals surface area contributed by atoms with E-state index in [2.05, 4.69) is 68.0 Å². The van der Waals surface area contributed by atoms with E-state index in [0.29, 0.717) is 38.8 Å². The van der Waals surface area contributed by atoms with Crippen LogP contribution >= 0.6 is 0 Å². The van der Waals surface area contributed by atoms with Crippen LogP contribution in [-0.2, 0) is 10.8 Å². The molecule has 5 nitrogen and oxygen atoms in total. The molecule has 0 radical (unpaired) electrons. The quantitative estimate of drug-likeness (QED) is 0.477. The van der Waals surface area contributed by atoms with Gasteiger partial charge in [0, 0.05) is 23.6 Å². The summed E-state index contributed by atoms with van der Waals surface area (Å²) in [6.45, 7) is 15.3. The van der Waals surface area contributed by atoms with E-state index < -0.39 is 18.9 Å². The molecule has 0 spiro atoms. The first kappa shape index (κ1) is 21.5. The van der Waals surface area contributed by atoms with Crippen LogP contribution in [0.3, 0.4) is 0 Å². The van der Waals surface area contributed by atoms with Gasteiger partial charge in [0.25, 0.3) is 5.56 Å². The van der Waals surface area contributed by atoms with E-state index in [1.807, 2.05) is 0 Å². The van der Waals surface area contributed by atoms with E-state index in [4.69, 9.17) is 0 Å². The van der Waals surface area contributed by atoms with Crippen molar-refractivity contribution in [2.24, 2.45) is 0 Å². The van der Waals surface area contributed by atoms with E-state index >= 15 is 0 Å². The number of H-pyrrole nitrogens is 1. The molecule has 27 heavy (non-hydrogen) atoms. The molecule has 1 N–H and O–H groups in total. The Morgan fingerprint density at radius 2 is 1.67 bits per heavy atom. The van der Waals surface area contributed by atoms with Crippen LogP contribution in [0, 0.1) is 18.4 Å². The summed E-state index contributed by atoms with van der Waals surface area (Å²) in [4.78, 5) is 23.6. The molecular weight excluding hydrogens is 374 g/mol. The first-order valence-corrected chi connectivity index (χ1v) is 13.1. The van der Waals surface area contributed by atoms with Crippen molar-refractivity contribution in [3.05, 3.63) is 27.7 Å². The highest BCUT2D eigenvalue weighted by Gasteiger charge is 2.41. The molecule has 0 bridgehead atoms. The van der Waals surface area contributed by atoms with E-state index in [9.17, 15) is 9.00 Å². The van der Waals surface area contributed by atoms with Crippen molar-refractivity contribution >= 4 is 29.9 Å². The van der Waals surface area contributed by atoms with Crippen molar-refractivity contribution in [3.8, 4) is 11.5 Å². The predicted octanol–water partition coefficient (Wildman–Crippen LogP) is 3.93. The third kappa shape index (κ3) is 3.92. The van der Waals surface area contributed by atoms with E-state index in [0.717, 1.165) is 0 Å². The zero-order chi connectivity index (χ0) is 20.5. The van der Waals surface area contributed by atoms with Gasteiger partial charge in [0.05, 0.1) is 16.2 Å². The Labute approximate surface area is 164 Å². The molecule has 0 saturated carbocycles. The minimum atomic E-state index is -1.93. The first-order chi connectivity index (χ1) is 12.5. The van der Waals surface area contributed by atoms with E-state index in [1.165, 1.54) is 6.26 Å². The molecule has 0 saturated heterocycles. The molecule has 1 unspecified atom stereocenters. The van der Waals surface area contributed by atoms with Gasteiger partial charge in [-0.1, -0.05) is 47.5 Å². The Balaban J connectivity index is 2.80. The zero-order valence-electron chi connectivity index (χ0n) is 17.4. The summed E-state index contributed by atoms with van der Waals surface area (Å²) >= 11 is 0. The molecule has 0 aliphatic carbocycles. The second-order valence-electron chi connectivity index (χ2n) is 7.97. The summed E-state index contributed by atoms with van der Waals surface area (Å²) in [6, 6.07) is 0. The first-order valence-electron chi connectivity index (χ1n) is 9.28. The van der Waals surface area contributed by atoms with Crippen LogP contribution in [-0.4, -0.2) is 33.5 Å². The van der Waals surface area contributed by atoms with Gasteiger partial charge in [-0.25, -0.2) is 9.97 Å². The highest BCUT2D eigenvalue weighted by atomic mass is 32.2. The monoisotopic (exact) mass is 403 g/mol. The van der Waals surface area contributed by atoms with Crippen LogP contribution in [0.25, 0.3) is 11.0 Å². The lowest BCUT2D eigenvalue weighted by molar-refractivity contribution is 0.680. The summed E-state index contributed by atoms with van der Waals surface area (Å²) in [5.41, 5.74) is 6.60. The van der Waals surface area contributed by atoms with E-state index in [-0.39, 0.29) is 10.7 Å². The van der Waals surface area contributed by atoms with Crippen LogP contribution in [0.2, 0.25) is 16.6 Å². The van der Waals surface area contributed by atoms with Gasteiger partial charge in [-0.2, -0.15) is 0 Å². The minimum Gasteiger partial charge on any atom is -0.306 e. The maximum absolute atomic E-state index is 12.4. The fraction of sp³-hybridized carbons (Fsp3) is 0.550. The van der Waals surface area contributed by atoms with Crippen LogP contribution in [0.5, 0.6) is 0 Å². The molecule has 7 heteroatoms. The fourth-order valence-corrected chi connectivity index (χ4v) is 9.69. The van der Waals surface area contributed by atoms with Crippen LogP contribution in [0.15, 0.2) is 16.1 Å². The SMILES string of the molecule is Cc1c(C#C[Si](C(C)C)(C(C)C)C(C)C)c2cnc(S(C)=O)nc2[nH]c1=O. The van der Waals surface area contributed by atoms with Gasteiger partial charge >= 0.3 is 0 Å². The largest absolute Gasteiger partial charge is 0.306 e. The van der Waals surface area contributed by atoms with Gasteiger partial charge in [-0.3, -0.25) is 9.00 Å². The molecule has 0 amide bonds. The Bertz CT molecular complexity index is 978. The van der Waals surface area contributed by atoms with Gasteiger partial charge in [-0.05, 0) is 23.5 Å². The van der Waals surface area contributed by atoms with Crippen molar-refractivity contribution in [3.63, 3.8) is 0 Å². The zero-order valence-corrected chi connectivity index (χ0v) is 19.2. The number of aromatic amines is 1. The molecule has 2 heterocycles. The summed E-state index contributed by atoms with van der Waals surface area (Å²) in [7, 11) is -3.24. The average Bonchev–Trinajstić information content (AvgIpc) is 2.56. The number of aromatic nitrogens is 3. The molecule has 2 aromatic rings. The lowest BCUT2D eigenvalue weighted by Gasteiger charge is -2.38. The highest BCUT2D eigenvalue weighted by molar-refractivity contribution is 7.84. The molecule has 0 aliphatic heterocycles. The summed E-state index contributed by atoms with van der Waals surface area (Å²) in [6.07, 6.45) is 3.14. The lowest BCUT2D eigenvalue weighted by Crippen LogP contribution is -2.43.